The zero-order chi connectivity index (χ0) is 40.9. The number of nitrogens with zero attached hydrogens (tertiary/aromatic N) is 5. The summed E-state index contributed by atoms with van der Waals surface area (Å²) in [6.45, 7) is 7.73. The van der Waals surface area contributed by atoms with Gasteiger partial charge in [-0.15, -0.1) is 5.10 Å². The molecule has 1 aromatic heterocycles. The van der Waals surface area contributed by atoms with E-state index in [1.54, 1.807) is 22.9 Å². The number of amides is 2. The third-order valence-electron chi connectivity index (χ3n) is 12.6. The quantitative estimate of drug-likeness (QED) is 0.136. The van der Waals surface area contributed by atoms with Gasteiger partial charge in [0.1, 0.15) is 23.3 Å². The summed E-state index contributed by atoms with van der Waals surface area (Å²) < 4.78 is 20.3. The highest BCUT2D eigenvalue weighted by Gasteiger charge is 2.66. The number of para-hydroxylation sites is 3. The van der Waals surface area contributed by atoms with Crippen molar-refractivity contribution in [2.75, 3.05) is 23.5 Å². The number of aliphatic hydroxyl groups excluding tert-OH is 1. The molecule has 0 saturated carbocycles. The predicted octanol–water partition coefficient (Wildman–Crippen LogP) is 7.28. The first-order chi connectivity index (χ1) is 28.6. The predicted molar refractivity (Wildman–Crippen MR) is 228 cm³/mol. The summed E-state index contributed by atoms with van der Waals surface area (Å²) in [5.74, 6) is 1.07. The fraction of sp³-hybridized carbons (Fsp3) is 0.277. The average Bonchev–Trinajstić information content (AvgIpc) is 3.93. The lowest BCUT2D eigenvalue weighted by molar-refractivity contribution is -0.146. The molecule has 0 unspecified atom stereocenters. The second-order valence-corrected chi connectivity index (χ2v) is 20.9. The number of carbonyl (C=O) groups is 2. The van der Waals surface area contributed by atoms with Crippen molar-refractivity contribution in [3.05, 3.63) is 156 Å². The minimum absolute atomic E-state index is 0.0323. The number of fused-ring (bicyclic) bond motifs is 3. The van der Waals surface area contributed by atoms with Crippen molar-refractivity contribution in [2.24, 2.45) is 5.92 Å². The molecule has 59 heavy (non-hydrogen) atoms. The van der Waals surface area contributed by atoms with Crippen molar-refractivity contribution in [1.29, 1.82) is 0 Å². The maximum absolute atomic E-state index is 15.3. The van der Waals surface area contributed by atoms with E-state index in [0.717, 1.165) is 33.8 Å². The first-order valence-corrected chi connectivity index (χ1v) is 23.2. The van der Waals surface area contributed by atoms with E-state index in [1.807, 2.05) is 120 Å². The molecule has 1 N–H and O–H groups in total. The van der Waals surface area contributed by atoms with Crippen LogP contribution in [0.15, 0.2) is 134 Å². The normalized spacial score (nSPS) is 21.7. The van der Waals surface area contributed by atoms with Gasteiger partial charge in [-0.25, -0.2) is 0 Å². The van der Waals surface area contributed by atoms with Gasteiger partial charge in [-0.3, -0.25) is 19.2 Å². The van der Waals surface area contributed by atoms with E-state index in [9.17, 15) is 9.90 Å². The zero-order valence-corrected chi connectivity index (χ0v) is 34.6. The summed E-state index contributed by atoms with van der Waals surface area (Å²) in [5.41, 5.74) is 4.14. The molecule has 0 aliphatic carbocycles. The van der Waals surface area contributed by atoms with Crippen LogP contribution in [0.3, 0.4) is 0 Å². The monoisotopic (exact) mass is 805 g/mol. The van der Waals surface area contributed by atoms with Crippen LogP contribution in [-0.4, -0.2) is 59.8 Å². The maximum atomic E-state index is 15.3. The van der Waals surface area contributed by atoms with Crippen LogP contribution in [0.1, 0.15) is 41.8 Å². The molecular formula is C47H47N5O6Si. The molecule has 11 nitrogen and oxygen atoms in total. The van der Waals surface area contributed by atoms with E-state index in [1.165, 1.54) is 5.19 Å². The molecule has 0 radical (unpaired) electrons. The summed E-state index contributed by atoms with van der Waals surface area (Å²) in [7, 11) is -0.702. The zero-order valence-electron chi connectivity index (χ0n) is 33.6. The van der Waals surface area contributed by atoms with Crippen molar-refractivity contribution in [2.45, 2.75) is 62.9 Å². The molecule has 1 fully saturated rings. The first-order valence-electron chi connectivity index (χ1n) is 20.1. The SMILES string of the molecule is COc1ccc([Si](C)(C)[C@@H]2[C@@H](CCn3cc([C@H](O)c4ccccc4)nn3)O[C@]3(C(=O)N(Cc4ccc(N5C(=O)COc6ccccc65)cc4)c4ccccc43)[C@H]2C)cc1. The molecule has 1 saturated heterocycles. The third-order valence-corrected chi connectivity index (χ3v) is 16.9. The fourth-order valence-electron chi connectivity index (χ4n) is 9.63. The van der Waals surface area contributed by atoms with Crippen LogP contribution in [0.5, 0.6) is 11.5 Å². The van der Waals surface area contributed by atoms with Gasteiger partial charge in [0, 0.05) is 23.7 Å². The second kappa shape index (κ2) is 15.3. The number of anilines is 3. The number of hydrogen-bond acceptors (Lipinski definition) is 8. The molecule has 300 valence electrons. The van der Waals surface area contributed by atoms with Gasteiger partial charge in [-0.2, -0.15) is 0 Å². The minimum atomic E-state index is -2.38. The number of aryl methyl sites for hydroxylation is 1. The molecule has 9 rings (SSSR count). The lowest BCUT2D eigenvalue weighted by Crippen LogP contribution is -2.51. The summed E-state index contributed by atoms with van der Waals surface area (Å²) in [4.78, 5) is 31.9. The van der Waals surface area contributed by atoms with Gasteiger partial charge >= 0.3 is 0 Å². The standard InChI is InChI=1S/C47H47N5O6Si/c1-31-45(59(3,4)36-24-22-35(56-2)23-25-36)42(26-27-50-29-38(48-49-50)44(54)33-12-6-5-7-13-33)58-47(31)37-14-8-9-15-39(37)51(46(47)55)28-32-18-20-34(21-19-32)52-40-16-10-11-17-41(40)57-30-43(52)53/h5-25,29,31,42,44-45,54H,26-28,30H2,1-4H3/t31-,42+,44+,45-,47+/m0/s1. The van der Waals surface area contributed by atoms with Gasteiger partial charge in [-0.1, -0.05) is 115 Å². The van der Waals surface area contributed by atoms with E-state index in [0.29, 0.717) is 36.6 Å². The van der Waals surface area contributed by atoms with Gasteiger partial charge in [0.15, 0.2) is 12.2 Å². The smallest absolute Gasteiger partial charge is 0.269 e. The van der Waals surface area contributed by atoms with Crippen LogP contribution >= 0.6 is 0 Å². The molecule has 5 aromatic carbocycles. The highest BCUT2D eigenvalue weighted by molar-refractivity contribution is 6.91. The molecule has 3 aliphatic rings. The van der Waals surface area contributed by atoms with E-state index >= 15 is 4.79 Å². The van der Waals surface area contributed by atoms with Gasteiger partial charge < -0.3 is 24.2 Å². The van der Waals surface area contributed by atoms with Crippen molar-refractivity contribution < 1.29 is 28.9 Å². The van der Waals surface area contributed by atoms with Gasteiger partial charge in [0.05, 0.1) is 45.4 Å². The van der Waals surface area contributed by atoms with Crippen LogP contribution < -0.4 is 24.5 Å². The molecule has 2 amide bonds. The number of aromatic nitrogens is 3. The van der Waals surface area contributed by atoms with Gasteiger partial charge in [0.2, 0.25) is 0 Å². The van der Waals surface area contributed by atoms with E-state index in [-0.39, 0.29) is 36.0 Å². The van der Waals surface area contributed by atoms with Crippen LogP contribution in [0, 0.1) is 5.92 Å². The fourth-order valence-corrected chi connectivity index (χ4v) is 13.7. The summed E-state index contributed by atoms with van der Waals surface area (Å²) in [5, 5.41) is 21.0. The topological polar surface area (TPSA) is 119 Å². The van der Waals surface area contributed by atoms with Gasteiger partial charge in [0.25, 0.3) is 11.8 Å². The Bertz CT molecular complexity index is 2490. The molecule has 5 atom stereocenters. The van der Waals surface area contributed by atoms with Crippen molar-refractivity contribution in [3.8, 4) is 11.5 Å². The Labute approximate surface area is 344 Å². The lowest BCUT2D eigenvalue weighted by atomic mass is 9.82. The molecule has 6 aromatic rings. The Hall–Kier alpha value is -6.08. The van der Waals surface area contributed by atoms with Crippen molar-refractivity contribution in [1.82, 2.24) is 15.0 Å². The molecule has 1 spiro atoms. The third kappa shape index (κ3) is 6.61. The van der Waals surface area contributed by atoms with Crippen LogP contribution in [0.25, 0.3) is 0 Å². The minimum Gasteiger partial charge on any atom is -0.497 e. The van der Waals surface area contributed by atoms with Crippen molar-refractivity contribution >= 4 is 42.1 Å². The van der Waals surface area contributed by atoms with E-state index in [4.69, 9.17) is 14.2 Å². The molecule has 3 aliphatic heterocycles. The van der Waals surface area contributed by atoms with E-state index < -0.39 is 19.8 Å². The maximum Gasteiger partial charge on any atom is 0.269 e. The largest absolute Gasteiger partial charge is 0.497 e. The number of ether oxygens (including phenoxy) is 3. The molecule has 4 heterocycles. The summed E-state index contributed by atoms with van der Waals surface area (Å²) in [6.07, 6.45) is 1.21. The van der Waals surface area contributed by atoms with Crippen LogP contribution in [0.4, 0.5) is 17.1 Å². The Morgan fingerprint density at radius 2 is 1.58 bits per heavy atom. The number of hydrogen-bond donors (Lipinski definition) is 1. The highest BCUT2D eigenvalue weighted by Crippen LogP contribution is 2.60. The second-order valence-electron chi connectivity index (χ2n) is 16.2. The Morgan fingerprint density at radius 3 is 2.32 bits per heavy atom. The number of carbonyl (C=O) groups excluding carboxylic acids is 2. The Balaban J connectivity index is 1.03. The number of benzene rings is 5. The summed E-state index contributed by atoms with van der Waals surface area (Å²) in [6, 6.07) is 41.1. The molecule has 0 bridgehead atoms. The number of methoxy groups -OCH3 is 1. The molecule has 12 heteroatoms. The van der Waals surface area contributed by atoms with Crippen molar-refractivity contribution in [3.63, 3.8) is 0 Å². The van der Waals surface area contributed by atoms with E-state index in [2.05, 4.69) is 42.5 Å². The first kappa shape index (κ1) is 38.4. The number of rotatable bonds is 11. The Kier molecular flexibility index (Phi) is 9.94. The summed E-state index contributed by atoms with van der Waals surface area (Å²) >= 11 is 0. The molecular weight excluding hydrogens is 759 g/mol. The lowest BCUT2D eigenvalue weighted by Gasteiger charge is -2.37. The average molecular weight is 806 g/mol. The Morgan fingerprint density at radius 1 is 0.881 bits per heavy atom. The highest BCUT2D eigenvalue weighted by atomic mass is 28.3. The van der Waals surface area contributed by atoms with Crippen LogP contribution in [-0.2, 0) is 33.0 Å². The van der Waals surface area contributed by atoms with Crippen LogP contribution in [0.2, 0.25) is 18.6 Å². The van der Waals surface area contributed by atoms with Gasteiger partial charge in [-0.05, 0) is 65.6 Å². The number of aliphatic hydroxyl groups is 1.